The summed E-state index contributed by atoms with van der Waals surface area (Å²) < 4.78 is 0. The van der Waals surface area contributed by atoms with Gasteiger partial charge in [0, 0.05) is 50.4 Å². The molecule has 1 saturated heterocycles. The SMILES string of the molecule is CC[C@@H](O)CN1CCN(c2nc(C)nc(C)c2Cc2ccccc2C)CC1. The molecule has 0 spiro atoms. The van der Waals surface area contributed by atoms with Crippen molar-refractivity contribution in [1.29, 1.82) is 0 Å². The van der Waals surface area contributed by atoms with Gasteiger partial charge in [-0.05, 0) is 38.3 Å². The molecule has 2 heterocycles. The minimum Gasteiger partial charge on any atom is -0.392 e. The molecule has 0 saturated carbocycles. The van der Waals surface area contributed by atoms with Crippen LogP contribution < -0.4 is 4.90 Å². The molecule has 1 aromatic heterocycles. The number of rotatable bonds is 6. The van der Waals surface area contributed by atoms with Gasteiger partial charge >= 0.3 is 0 Å². The molecule has 1 aliphatic heterocycles. The first-order chi connectivity index (χ1) is 13.0. The second kappa shape index (κ2) is 8.81. The molecule has 5 nitrogen and oxygen atoms in total. The standard InChI is InChI=1S/C22H32N4O/c1-5-20(27)15-25-10-12-26(13-11-25)22-21(17(3)23-18(4)24-22)14-19-9-7-6-8-16(19)2/h6-9,20,27H,5,10-15H2,1-4H3/t20-/m1/s1. The van der Waals surface area contributed by atoms with Crippen molar-refractivity contribution in [1.82, 2.24) is 14.9 Å². The molecule has 27 heavy (non-hydrogen) atoms. The topological polar surface area (TPSA) is 52.5 Å². The van der Waals surface area contributed by atoms with Crippen LogP contribution in [0.5, 0.6) is 0 Å². The number of anilines is 1. The van der Waals surface area contributed by atoms with E-state index in [0.29, 0.717) is 0 Å². The van der Waals surface area contributed by atoms with E-state index in [0.717, 1.165) is 62.9 Å². The largest absolute Gasteiger partial charge is 0.392 e. The number of aliphatic hydroxyl groups is 1. The summed E-state index contributed by atoms with van der Waals surface area (Å²) in [5.41, 5.74) is 4.95. The third-order valence-electron chi connectivity index (χ3n) is 5.54. The number of piperazine rings is 1. The molecular weight excluding hydrogens is 336 g/mol. The van der Waals surface area contributed by atoms with E-state index in [2.05, 4.69) is 52.9 Å². The van der Waals surface area contributed by atoms with Gasteiger partial charge in [-0.15, -0.1) is 0 Å². The molecule has 146 valence electrons. The van der Waals surface area contributed by atoms with E-state index < -0.39 is 0 Å². The lowest BCUT2D eigenvalue weighted by atomic mass is 9.99. The second-order valence-corrected chi connectivity index (χ2v) is 7.61. The van der Waals surface area contributed by atoms with Gasteiger partial charge in [0.2, 0.25) is 0 Å². The van der Waals surface area contributed by atoms with Crippen LogP contribution in [0.3, 0.4) is 0 Å². The molecular formula is C22H32N4O. The van der Waals surface area contributed by atoms with Gasteiger partial charge in [-0.25, -0.2) is 9.97 Å². The van der Waals surface area contributed by atoms with E-state index in [9.17, 15) is 5.11 Å². The van der Waals surface area contributed by atoms with Crippen molar-refractivity contribution in [3.05, 3.63) is 52.5 Å². The lowest BCUT2D eigenvalue weighted by Crippen LogP contribution is -2.49. The van der Waals surface area contributed by atoms with Gasteiger partial charge in [-0.3, -0.25) is 4.90 Å². The Kier molecular flexibility index (Phi) is 6.45. The van der Waals surface area contributed by atoms with Gasteiger partial charge in [-0.1, -0.05) is 31.2 Å². The molecule has 0 radical (unpaired) electrons. The number of hydrogen-bond donors (Lipinski definition) is 1. The predicted molar refractivity (Wildman–Crippen MR) is 110 cm³/mol. The first-order valence-electron chi connectivity index (χ1n) is 10.0. The molecule has 1 fully saturated rings. The number of hydrogen-bond acceptors (Lipinski definition) is 5. The number of aliphatic hydroxyl groups excluding tert-OH is 1. The van der Waals surface area contributed by atoms with Crippen LogP contribution in [0.1, 0.15) is 41.6 Å². The van der Waals surface area contributed by atoms with Crippen LogP contribution >= 0.6 is 0 Å². The maximum absolute atomic E-state index is 9.92. The van der Waals surface area contributed by atoms with Crippen molar-refractivity contribution >= 4 is 5.82 Å². The van der Waals surface area contributed by atoms with Crippen LogP contribution in [0.15, 0.2) is 24.3 Å². The number of benzene rings is 1. The van der Waals surface area contributed by atoms with Gasteiger partial charge in [0.25, 0.3) is 0 Å². The lowest BCUT2D eigenvalue weighted by Gasteiger charge is -2.37. The van der Waals surface area contributed by atoms with Gasteiger partial charge in [0.15, 0.2) is 0 Å². The second-order valence-electron chi connectivity index (χ2n) is 7.61. The maximum Gasteiger partial charge on any atom is 0.136 e. The summed E-state index contributed by atoms with van der Waals surface area (Å²) >= 11 is 0. The summed E-state index contributed by atoms with van der Waals surface area (Å²) in [5, 5.41) is 9.92. The zero-order valence-electron chi connectivity index (χ0n) is 17.1. The molecule has 0 unspecified atom stereocenters. The summed E-state index contributed by atoms with van der Waals surface area (Å²) in [6.07, 6.45) is 1.45. The van der Waals surface area contributed by atoms with E-state index in [4.69, 9.17) is 4.98 Å². The van der Waals surface area contributed by atoms with Crippen LogP contribution in [0.2, 0.25) is 0 Å². The Hall–Kier alpha value is -1.98. The zero-order chi connectivity index (χ0) is 19.4. The molecule has 3 rings (SSSR count). The number of β-amino-alcohol motifs (C(OH)–C–C–N with tert-alkyl or cyclic N) is 1. The van der Waals surface area contributed by atoms with Crippen molar-refractivity contribution in [3.63, 3.8) is 0 Å². The fourth-order valence-electron chi connectivity index (χ4n) is 3.75. The molecule has 1 N–H and O–H groups in total. The van der Waals surface area contributed by atoms with E-state index in [-0.39, 0.29) is 6.10 Å². The van der Waals surface area contributed by atoms with Crippen LogP contribution in [-0.2, 0) is 6.42 Å². The molecule has 0 aliphatic carbocycles. The summed E-state index contributed by atoms with van der Waals surface area (Å²) in [6.45, 7) is 12.8. The molecule has 1 aliphatic rings. The molecule has 1 aromatic carbocycles. The molecule has 1 atom stereocenters. The van der Waals surface area contributed by atoms with E-state index in [1.165, 1.54) is 16.7 Å². The van der Waals surface area contributed by atoms with Gasteiger partial charge in [0.05, 0.1) is 6.10 Å². The molecule has 2 aromatic rings. The Labute approximate surface area is 163 Å². The normalized spacial score (nSPS) is 16.6. The van der Waals surface area contributed by atoms with Gasteiger partial charge in [0.1, 0.15) is 11.6 Å². The fourth-order valence-corrected chi connectivity index (χ4v) is 3.75. The highest BCUT2D eigenvalue weighted by molar-refractivity contribution is 5.52. The Balaban J connectivity index is 1.80. The highest BCUT2D eigenvalue weighted by Gasteiger charge is 2.23. The van der Waals surface area contributed by atoms with E-state index in [1.807, 2.05) is 13.8 Å². The van der Waals surface area contributed by atoms with Crippen LogP contribution in [-0.4, -0.2) is 58.8 Å². The minimum absolute atomic E-state index is 0.225. The predicted octanol–water partition coefficient (Wildman–Crippen LogP) is 2.89. The smallest absolute Gasteiger partial charge is 0.136 e. The number of aromatic nitrogens is 2. The van der Waals surface area contributed by atoms with Crippen molar-refractivity contribution in [3.8, 4) is 0 Å². The Morgan fingerprint density at radius 3 is 2.41 bits per heavy atom. The van der Waals surface area contributed by atoms with Gasteiger partial charge in [-0.2, -0.15) is 0 Å². The zero-order valence-corrected chi connectivity index (χ0v) is 17.1. The molecule has 5 heteroatoms. The maximum atomic E-state index is 9.92. The van der Waals surface area contributed by atoms with Crippen molar-refractivity contribution in [2.75, 3.05) is 37.6 Å². The van der Waals surface area contributed by atoms with Crippen molar-refractivity contribution < 1.29 is 5.11 Å². The number of aryl methyl sites for hydroxylation is 3. The van der Waals surface area contributed by atoms with Crippen LogP contribution in [0.25, 0.3) is 0 Å². The monoisotopic (exact) mass is 368 g/mol. The summed E-state index contributed by atoms with van der Waals surface area (Å²) in [7, 11) is 0. The van der Waals surface area contributed by atoms with Crippen molar-refractivity contribution in [2.45, 2.75) is 46.6 Å². The van der Waals surface area contributed by atoms with Crippen molar-refractivity contribution in [2.24, 2.45) is 0 Å². The van der Waals surface area contributed by atoms with Crippen LogP contribution in [0, 0.1) is 20.8 Å². The highest BCUT2D eigenvalue weighted by Crippen LogP contribution is 2.26. The quantitative estimate of drug-likeness (QED) is 0.850. The number of nitrogens with zero attached hydrogens (tertiary/aromatic N) is 4. The first kappa shape index (κ1) is 19.8. The fraction of sp³-hybridized carbons (Fsp3) is 0.545. The Morgan fingerprint density at radius 1 is 1.04 bits per heavy atom. The summed E-state index contributed by atoms with van der Waals surface area (Å²) in [4.78, 5) is 14.2. The highest BCUT2D eigenvalue weighted by atomic mass is 16.3. The summed E-state index contributed by atoms with van der Waals surface area (Å²) in [6, 6.07) is 8.55. The van der Waals surface area contributed by atoms with E-state index >= 15 is 0 Å². The van der Waals surface area contributed by atoms with E-state index in [1.54, 1.807) is 0 Å². The van der Waals surface area contributed by atoms with Crippen LogP contribution in [0.4, 0.5) is 5.82 Å². The Bertz CT molecular complexity index is 769. The van der Waals surface area contributed by atoms with Gasteiger partial charge < -0.3 is 10.0 Å². The Morgan fingerprint density at radius 2 is 1.74 bits per heavy atom. The summed E-state index contributed by atoms with van der Waals surface area (Å²) in [5.74, 6) is 1.92. The average Bonchev–Trinajstić information content (AvgIpc) is 2.65. The average molecular weight is 369 g/mol. The molecule has 0 bridgehead atoms. The third kappa shape index (κ3) is 4.85. The molecule has 0 amide bonds. The minimum atomic E-state index is -0.225. The third-order valence-corrected chi connectivity index (χ3v) is 5.54. The first-order valence-corrected chi connectivity index (χ1v) is 10.0. The lowest BCUT2D eigenvalue weighted by molar-refractivity contribution is 0.106.